The Balaban J connectivity index is 2.98. The van der Waals surface area contributed by atoms with Crippen molar-refractivity contribution in [2.75, 3.05) is 5.32 Å². The van der Waals surface area contributed by atoms with Gasteiger partial charge in [0.1, 0.15) is 0 Å². The fourth-order valence-electron chi connectivity index (χ4n) is 1.58. The molecule has 0 radical (unpaired) electrons. The highest BCUT2D eigenvalue weighted by molar-refractivity contribution is 7.89. The van der Waals surface area contributed by atoms with Crippen LogP contribution in [0.4, 0.5) is 5.69 Å². The summed E-state index contributed by atoms with van der Waals surface area (Å²) in [5, 5.41) is 7.67. The van der Waals surface area contributed by atoms with Gasteiger partial charge in [0.2, 0.25) is 15.9 Å². The SMILES string of the molecule is CCC[C@@H](N)C(=O)Nc1cc(S(N)(=O)=O)ccc1C. The zero-order chi connectivity index (χ0) is 14.6. The number of nitrogens with two attached hydrogens (primary N) is 2. The van der Waals surface area contributed by atoms with E-state index in [4.69, 9.17) is 10.9 Å². The van der Waals surface area contributed by atoms with Crippen LogP contribution in [0.25, 0.3) is 0 Å². The van der Waals surface area contributed by atoms with Crippen molar-refractivity contribution in [3.63, 3.8) is 0 Å². The molecule has 0 fully saturated rings. The van der Waals surface area contributed by atoms with Crippen LogP contribution in [0.1, 0.15) is 25.3 Å². The predicted octanol–water partition coefficient (Wildman–Crippen LogP) is 0.708. The maximum absolute atomic E-state index is 11.8. The number of carbonyl (C=O) groups excluding carboxylic acids is 1. The van der Waals surface area contributed by atoms with Crippen molar-refractivity contribution in [3.05, 3.63) is 23.8 Å². The molecular formula is C12H19N3O3S. The fraction of sp³-hybridized carbons (Fsp3) is 0.417. The summed E-state index contributed by atoms with van der Waals surface area (Å²) in [5.41, 5.74) is 6.84. The highest BCUT2D eigenvalue weighted by Gasteiger charge is 2.15. The van der Waals surface area contributed by atoms with Crippen molar-refractivity contribution in [2.45, 2.75) is 37.6 Å². The molecule has 106 valence electrons. The van der Waals surface area contributed by atoms with E-state index in [-0.39, 0.29) is 10.8 Å². The lowest BCUT2D eigenvalue weighted by atomic mass is 10.1. The summed E-state index contributed by atoms with van der Waals surface area (Å²) in [6, 6.07) is 3.70. The third-order valence-electron chi connectivity index (χ3n) is 2.73. The van der Waals surface area contributed by atoms with Crippen LogP contribution in [-0.4, -0.2) is 20.4 Å². The van der Waals surface area contributed by atoms with Crippen LogP contribution < -0.4 is 16.2 Å². The number of primary sulfonamides is 1. The summed E-state index contributed by atoms with van der Waals surface area (Å²) >= 11 is 0. The second kappa shape index (κ2) is 6.14. The molecule has 0 bridgehead atoms. The highest BCUT2D eigenvalue weighted by atomic mass is 32.2. The van der Waals surface area contributed by atoms with Crippen LogP contribution in [-0.2, 0) is 14.8 Å². The minimum absolute atomic E-state index is 0.0440. The molecule has 0 aromatic heterocycles. The Hall–Kier alpha value is -1.44. The van der Waals surface area contributed by atoms with Gasteiger partial charge >= 0.3 is 0 Å². The van der Waals surface area contributed by atoms with Gasteiger partial charge in [-0.25, -0.2) is 13.6 Å². The zero-order valence-electron chi connectivity index (χ0n) is 11.0. The first kappa shape index (κ1) is 15.6. The first-order chi connectivity index (χ1) is 8.75. The molecule has 1 atom stereocenters. The first-order valence-electron chi connectivity index (χ1n) is 5.95. The number of carbonyl (C=O) groups is 1. The number of hydrogen-bond donors (Lipinski definition) is 3. The highest BCUT2D eigenvalue weighted by Crippen LogP contribution is 2.19. The number of hydrogen-bond acceptors (Lipinski definition) is 4. The topological polar surface area (TPSA) is 115 Å². The van der Waals surface area contributed by atoms with Crippen molar-refractivity contribution in [1.29, 1.82) is 0 Å². The van der Waals surface area contributed by atoms with Crippen LogP contribution >= 0.6 is 0 Å². The van der Waals surface area contributed by atoms with Gasteiger partial charge in [0.05, 0.1) is 10.9 Å². The zero-order valence-corrected chi connectivity index (χ0v) is 11.8. The number of benzene rings is 1. The van der Waals surface area contributed by atoms with Gasteiger partial charge in [0.25, 0.3) is 0 Å². The van der Waals surface area contributed by atoms with E-state index < -0.39 is 16.1 Å². The van der Waals surface area contributed by atoms with Crippen LogP contribution in [0.3, 0.4) is 0 Å². The molecule has 0 aliphatic carbocycles. The molecule has 0 heterocycles. The third-order valence-corrected chi connectivity index (χ3v) is 3.64. The Morgan fingerprint density at radius 1 is 1.42 bits per heavy atom. The van der Waals surface area contributed by atoms with E-state index in [9.17, 15) is 13.2 Å². The van der Waals surface area contributed by atoms with Gasteiger partial charge in [-0.05, 0) is 31.0 Å². The number of amides is 1. The number of nitrogens with one attached hydrogen (secondary N) is 1. The molecule has 0 aliphatic rings. The van der Waals surface area contributed by atoms with Gasteiger partial charge < -0.3 is 11.1 Å². The minimum atomic E-state index is -3.79. The van der Waals surface area contributed by atoms with Crippen molar-refractivity contribution in [1.82, 2.24) is 0 Å². The maximum atomic E-state index is 11.8. The van der Waals surface area contributed by atoms with Crippen LogP contribution in [0.15, 0.2) is 23.1 Å². The van der Waals surface area contributed by atoms with Gasteiger partial charge in [-0.3, -0.25) is 4.79 Å². The Morgan fingerprint density at radius 2 is 2.05 bits per heavy atom. The van der Waals surface area contributed by atoms with E-state index in [2.05, 4.69) is 5.32 Å². The molecule has 0 spiro atoms. The lowest BCUT2D eigenvalue weighted by Gasteiger charge is -2.13. The predicted molar refractivity (Wildman–Crippen MR) is 74.1 cm³/mol. The molecule has 0 saturated heterocycles. The molecule has 5 N–H and O–H groups in total. The summed E-state index contributed by atoms with van der Waals surface area (Å²) < 4.78 is 22.5. The quantitative estimate of drug-likeness (QED) is 0.738. The monoisotopic (exact) mass is 285 g/mol. The van der Waals surface area contributed by atoms with Gasteiger partial charge in [-0.2, -0.15) is 0 Å². The normalized spacial score (nSPS) is 13.1. The molecule has 6 nitrogen and oxygen atoms in total. The Morgan fingerprint density at radius 3 is 2.58 bits per heavy atom. The Labute approximate surface area is 113 Å². The summed E-state index contributed by atoms with van der Waals surface area (Å²) in [4.78, 5) is 11.8. The minimum Gasteiger partial charge on any atom is -0.324 e. The molecule has 0 saturated carbocycles. The Bertz CT molecular complexity index is 570. The lowest BCUT2D eigenvalue weighted by Crippen LogP contribution is -2.35. The number of anilines is 1. The average molecular weight is 285 g/mol. The number of rotatable bonds is 5. The van der Waals surface area contributed by atoms with Crippen molar-refractivity contribution < 1.29 is 13.2 Å². The van der Waals surface area contributed by atoms with E-state index in [1.807, 2.05) is 6.92 Å². The number of aryl methyl sites for hydroxylation is 1. The molecule has 7 heteroatoms. The molecule has 1 aromatic carbocycles. The van der Waals surface area contributed by atoms with Crippen LogP contribution in [0.5, 0.6) is 0 Å². The van der Waals surface area contributed by atoms with Crippen LogP contribution in [0, 0.1) is 6.92 Å². The molecule has 0 aliphatic heterocycles. The van der Waals surface area contributed by atoms with Gasteiger partial charge in [0, 0.05) is 5.69 Å². The van der Waals surface area contributed by atoms with Crippen molar-refractivity contribution >= 4 is 21.6 Å². The van der Waals surface area contributed by atoms with E-state index in [1.54, 1.807) is 13.0 Å². The Kier molecular flexibility index (Phi) is 5.04. The summed E-state index contributed by atoms with van der Waals surface area (Å²) in [6.45, 7) is 3.69. The summed E-state index contributed by atoms with van der Waals surface area (Å²) in [6.07, 6.45) is 1.37. The van der Waals surface area contributed by atoms with Gasteiger partial charge in [0.15, 0.2) is 0 Å². The molecular weight excluding hydrogens is 266 g/mol. The fourth-order valence-corrected chi connectivity index (χ4v) is 2.12. The molecule has 1 amide bonds. The molecule has 1 rings (SSSR count). The second-order valence-corrected chi connectivity index (χ2v) is 5.97. The maximum Gasteiger partial charge on any atom is 0.241 e. The van der Waals surface area contributed by atoms with E-state index in [0.29, 0.717) is 12.1 Å². The van der Waals surface area contributed by atoms with Gasteiger partial charge in [-0.15, -0.1) is 0 Å². The van der Waals surface area contributed by atoms with Gasteiger partial charge in [-0.1, -0.05) is 19.4 Å². The van der Waals surface area contributed by atoms with E-state index in [1.165, 1.54) is 12.1 Å². The van der Waals surface area contributed by atoms with Crippen molar-refractivity contribution in [3.8, 4) is 0 Å². The largest absolute Gasteiger partial charge is 0.324 e. The summed E-state index contributed by atoms with van der Waals surface area (Å²) in [7, 11) is -3.79. The van der Waals surface area contributed by atoms with E-state index in [0.717, 1.165) is 12.0 Å². The van der Waals surface area contributed by atoms with Crippen LogP contribution in [0.2, 0.25) is 0 Å². The van der Waals surface area contributed by atoms with Crippen molar-refractivity contribution in [2.24, 2.45) is 10.9 Å². The number of sulfonamides is 1. The standard InChI is InChI=1S/C12H19N3O3S/c1-3-4-10(13)12(16)15-11-7-9(19(14,17)18)6-5-8(11)2/h5-7,10H,3-4,13H2,1-2H3,(H,15,16)(H2,14,17,18)/t10-/m1/s1. The first-order valence-corrected chi connectivity index (χ1v) is 7.50. The third kappa shape index (κ3) is 4.30. The summed E-state index contributed by atoms with van der Waals surface area (Å²) in [5.74, 6) is -0.337. The lowest BCUT2D eigenvalue weighted by molar-refractivity contribution is -0.117. The smallest absolute Gasteiger partial charge is 0.241 e. The molecule has 1 aromatic rings. The molecule has 19 heavy (non-hydrogen) atoms. The molecule has 0 unspecified atom stereocenters. The average Bonchev–Trinajstić information content (AvgIpc) is 2.30. The second-order valence-electron chi connectivity index (χ2n) is 4.41. The van der Waals surface area contributed by atoms with E-state index >= 15 is 0 Å².